The lowest BCUT2D eigenvalue weighted by Gasteiger charge is -2.41. The van der Waals surface area contributed by atoms with Crippen molar-refractivity contribution < 1.29 is 29.1 Å². The zero-order chi connectivity index (χ0) is 24.3. The molecule has 2 N–H and O–H groups in total. The Hall–Kier alpha value is -3.39. The van der Waals surface area contributed by atoms with E-state index in [1.165, 1.54) is 7.05 Å². The molecule has 180 valence electrons. The van der Waals surface area contributed by atoms with E-state index >= 15 is 0 Å². The first-order valence-corrected chi connectivity index (χ1v) is 11.6. The number of nitrogens with zero attached hydrogens (tertiary/aromatic N) is 1. The van der Waals surface area contributed by atoms with Gasteiger partial charge in [0.25, 0.3) is 5.91 Å². The third-order valence-electron chi connectivity index (χ3n) is 6.93. The maximum atomic E-state index is 13.0. The molecule has 2 atom stereocenters. The van der Waals surface area contributed by atoms with Crippen LogP contribution in [0.4, 0.5) is 4.79 Å². The van der Waals surface area contributed by atoms with Gasteiger partial charge in [0, 0.05) is 13.0 Å². The minimum atomic E-state index is -1.16. The molecule has 0 aliphatic heterocycles. The fourth-order valence-electron chi connectivity index (χ4n) is 5.18. The van der Waals surface area contributed by atoms with Gasteiger partial charge < -0.3 is 15.2 Å². The molecule has 0 heterocycles. The van der Waals surface area contributed by atoms with Crippen molar-refractivity contribution in [3.8, 4) is 11.1 Å². The van der Waals surface area contributed by atoms with E-state index in [2.05, 4.69) is 29.6 Å². The fourth-order valence-corrected chi connectivity index (χ4v) is 5.18. The Morgan fingerprint density at radius 2 is 1.68 bits per heavy atom. The van der Waals surface area contributed by atoms with Crippen LogP contribution in [-0.2, 0) is 19.2 Å². The molecule has 2 unspecified atom stereocenters. The fraction of sp³-hybridized carbons (Fsp3) is 0.423. The van der Waals surface area contributed by atoms with Crippen LogP contribution in [0.25, 0.3) is 11.1 Å². The molecule has 8 heteroatoms. The second-order valence-electron chi connectivity index (χ2n) is 9.17. The zero-order valence-electron chi connectivity index (χ0n) is 19.5. The van der Waals surface area contributed by atoms with Crippen LogP contribution in [0.3, 0.4) is 0 Å². The van der Waals surface area contributed by atoms with Crippen molar-refractivity contribution in [1.29, 1.82) is 0 Å². The monoisotopic (exact) mass is 466 g/mol. The number of fused-ring (bicyclic) bond motifs is 3. The van der Waals surface area contributed by atoms with Crippen LogP contribution in [-0.4, -0.2) is 53.9 Å². The molecule has 2 amide bonds. The smallest absolute Gasteiger partial charge is 0.407 e. The summed E-state index contributed by atoms with van der Waals surface area (Å²) in [4.78, 5) is 41.7. The summed E-state index contributed by atoms with van der Waals surface area (Å²) >= 11 is 0. The van der Waals surface area contributed by atoms with Crippen LogP contribution in [0.5, 0.6) is 0 Å². The first-order valence-electron chi connectivity index (χ1n) is 11.6. The van der Waals surface area contributed by atoms with E-state index in [4.69, 9.17) is 14.7 Å². The van der Waals surface area contributed by atoms with Gasteiger partial charge in [-0.05, 0) is 42.0 Å². The third kappa shape index (κ3) is 4.77. The number of amides is 2. The van der Waals surface area contributed by atoms with E-state index in [0.29, 0.717) is 12.8 Å². The molecule has 4 rings (SSSR count). The lowest BCUT2D eigenvalue weighted by molar-refractivity contribution is -0.192. The van der Waals surface area contributed by atoms with Crippen LogP contribution < -0.4 is 5.32 Å². The van der Waals surface area contributed by atoms with Crippen molar-refractivity contribution >= 4 is 18.0 Å². The van der Waals surface area contributed by atoms with E-state index in [1.54, 1.807) is 0 Å². The van der Waals surface area contributed by atoms with Crippen LogP contribution in [0, 0.1) is 5.92 Å². The molecular formula is C26H30N2O6. The van der Waals surface area contributed by atoms with Gasteiger partial charge in [0.1, 0.15) is 6.61 Å². The average Bonchev–Trinajstić information content (AvgIpc) is 3.14. The number of carboxylic acid groups (broad SMARTS) is 1. The standard InChI is InChI=1S/C26H30N2O6/c1-26(14-8-7-13-22(26)24(31)28(2)34-16-23(29)30)27-25(32)33-15-21-19-11-5-3-9-17(19)18-10-4-6-12-20(18)21/h3-6,9-12,21-22H,7-8,13-16H2,1-2H3,(H,27,32)(H,29,30). The zero-order valence-corrected chi connectivity index (χ0v) is 19.5. The summed E-state index contributed by atoms with van der Waals surface area (Å²) in [6.07, 6.45) is 2.31. The Labute approximate surface area is 198 Å². The van der Waals surface area contributed by atoms with Gasteiger partial charge in [-0.25, -0.2) is 14.7 Å². The Morgan fingerprint density at radius 3 is 2.29 bits per heavy atom. The largest absolute Gasteiger partial charge is 0.479 e. The Bertz CT molecular complexity index is 1040. The lowest BCUT2D eigenvalue weighted by Crippen LogP contribution is -2.57. The lowest BCUT2D eigenvalue weighted by atomic mass is 9.73. The minimum Gasteiger partial charge on any atom is -0.479 e. The van der Waals surface area contributed by atoms with Gasteiger partial charge >= 0.3 is 12.1 Å². The first-order chi connectivity index (χ1) is 16.3. The van der Waals surface area contributed by atoms with Crippen LogP contribution in [0.2, 0.25) is 0 Å². The molecule has 1 fully saturated rings. The highest BCUT2D eigenvalue weighted by atomic mass is 16.7. The van der Waals surface area contributed by atoms with Crippen molar-refractivity contribution in [2.45, 2.75) is 44.1 Å². The molecule has 34 heavy (non-hydrogen) atoms. The maximum absolute atomic E-state index is 13.0. The molecule has 8 nitrogen and oxygen atoms in total. The van der Waals surface area contributed by atoms with E-state index < -0.39 is 30.1 Å². The molecule has 0 spiro atoms. The first kappa shape index (κ1) is 23.8. The molecule has 0 aromatic heterocycles. The summed E-state index contributed by atoms with van der Waals surface area (Å²) in [5, 5.41) is 12.7. The van der Waals surface area contributed by atoms with Gasteiger partial charge in [0.15, 0.2) is 6.61 Å². The number of carbonyl (C=O) groups is 3. The number of ether oxygens (including phenoxy) is 1. The predicted octanol–water partition coefficient (Wildman–Crippen LogP) is 3.95. The quantitative estimate of drug-likeness (QED) is 0.599. The van der Waals surface area contributed by atoms with Gasteiger partial charge in [0.2, 0.25) is 0 Å². The minimum absolute atomic E-state index is 0.0507. The molecular weight excluding hydrogens is 436 g/mol. The highest BCUT2D eigenvalue weighted by molar-refractivity contribution is 5.81. The number of benzene rings is 2. The normalized spacial score (nSPS) is 21.3. The highest BCUT2D eigenvalue weighted by Crippen LogP contribution is 2.44. The highest BCUT2D eigenvalue weighted by Gasteiger charge is 2.44. The summed E-state index contributed by atoms with van der Waals surface area (Å²) in [5.41, 5.74) is 3.75. The molecule has 0 bridgehead atoms. The van der Waals surface area contributed by atoms with E-state index in [0.717, 1.165) is 40.2 Å². The Kier molecular flexibility index (Phi) is 6.88. The van der Waals surface area contributed by atoms with Gasteiger partial charge in [-0.3, -0.25) is 9.63 Å². The predicted molar refractivity (Wildman–Crippen MR) is 125 cm³/mol. The second-order valence-corrected chi connectivity index (χ2v) is 9.17. The number of hydroxylamine groups is 2. The summed E-state index contributed by atoms with van der Waals surface area (Å²) in [6.45, 7) is 1.42. The molecule has 2 aromatic carbocycles. The number of rotatable bonds is 7. The second kappa shape index (κ2) is 9.85. The van der Waals surface area contributed by atoms with Gasteiger partial charge in [0.05, 0.1) is 11.5 Å². The number of hydrogen-bond donors (Lipinski definition) is 2. The van der Waals surface area contributed by atoms with Crippen LogP contribution in [0.15, 0.2) is 48.5 Å². The molecule has 2 aliphatic carbocycles. The van der Waals surface area contributed by atoms with Crippen LogP contribution >= 0.6 is 0 Å². The summed E-state index contributed by atoms with van der Waals surface area (Å²) in [5.74, 6) is -2.11. The van der Waals surface area contributed by atoms with Gasteiger partial charge in [-0.15, -0.1) is 0 Å². The molecule has 1 saturated carbocycles. The Balaban J connectivity index is 1.42. The molecule has 0 radical (unpaired) electrons. The van der Waals surface area contributed by atoms with E-state index in [1.807, 2.05) is 31.2 Å². The SMILES string of the molecule is CN(OCC(=O)O)C(=O)C1CCCCC1(C)NC(=O)OCC1c2ccccc2-c2ccccc21. The van der Waals surface area contributed by atoms with Gasteiger partial charge in [-0.1, -0.05) is 61.4 Å². The molecule has 0 saturated heterocycles. The van der Waals surface area contributed by atoms with Crippen molar-refractivity contribution in [1.82, 2.24) is 10.4 Å². The molecule has 2 aliphatic rings. The summed E-state index contributed by atoms with van der Waals surface area (Å²) in [6, 6.07) is 16.3. The average molecular weight is 467 g/mol. The number of hydrogen-bond acceptors (Lipinski definition) is 5. The number of aliphatic carboxylic acids is 1. The number of alkyl carbamates (subject to hydrolysis) is 1. The number of carboxylic acids is 1. The van der Waals surface area contributed by atoms with E-state index in [-0.39, 0.29) is 18.4 Å². The topological polar surface area (TPSA) is 105 Å². The van der Waals surface area contributed by atoms with Crippen molar-refractivity contribution in [2.24, 2.45) is 5.92 Å². The van der Waals surface area contributed by atoms with E-state index in [9.17, 15) is 14.4 Å². The number of nitrogens with one attached hydrogen (secondary N) is 1. The summed E-state index contributed by atoms with van der Waals surface area (Å²) in [7, 11) is 1.40. The van der Waals surface area contributed by atoms with Crippen LogP contribution in [0.1, 0.15) is 49.7 Å². The third-order valence-corrected chi connectivity index (χ3v) is 6.93. The van der Waals surface area contributed by atoms with Crippen molar-refractivity contribution in [3.63, 3.8) is 0 Å². The number of carbonyl (C=O) groups excluding carboxylic acids is 2. The maximum Gasteiger partial charge on any atom is 0.407 e. The van der Waals surface area contributed by atoms with Crippen molar-refractivity contribution in [2.75, 3.05) is 20.3 Å². The molecule has 2 aromatic rings. The Morgan fingerprint density at radius 1 is 1.06 bits per heavy atom. The van der Waals surface area contributed by atoms with Gasteiger partial charge in [-0.2, -0.15) is 0 Å². The summed E-state index contributed by atoms with van der Waals surface area (Å²) < 4.78 is 5.69. The van der Waals surface area contributed by atoms with Crippen molar-refractivity contribution in [3.05, 3.63) is 59.7 Å².